The lowest BCUT2D eigenvalue weighted by molar-refractivity contribution is 0.198. The lowest BCUT2D eigenvalue weighted by Crippen LogP contribution is -1.99. The molecule has 0 aliphatic carbocycles. The molecular weight excluding hydrogens is 306 g/mol. The van der Waals surface area contributed by atoms with Gasteiger partial charge in [-0.2, -0.15) is 0 Å². The maximum Gasteiger partial charge on any atom is 0.113 e. The van der Waals surface area contributed by atoms with Crippen LogP contribution in [-0.2, 0) is 0 Å². The van der Waals surface area contributed by atoms with Crippen LogP contribution in [0.15, 0.2) is 46.9 Å². The summed E-state index contributed by atoms with van der Waals surface area (Å²) < 4.78 is 2.64. The summed E-state index contributed by atoms with van der Waals surface area (Å²) in [5, 5.41) is 17.9. The first-order valence-corrected chi connectivity index (χ1v) is 6.74. The third-order valence-electron chi connectivity index (χ3n) is 3.03. The Balaban J connectivity index is 2.14. The fourth-order valence-corrected chi connectivity index (χ4v) is 2.74. The minimum absolute atomic E-state index is 0.504. The third kappa shape index (κ3) is 2.15. The maximum absolute atomic E-state index is 9.63. The zero-order valence-electron chi connectivity index (χ0n) is 10.3. The predicted molar refractivity (Wildman–Crippen MR) is 77.2 cm³/mol. The number of hydrogen-bond donors (Lipinski definition) is 1. The highest BCUT2D eigenvalue weighted by atomic mass is 79.9. The van der Waals surface area contributed by atoms with Gasteiger partial charge in [0.15, 0.2) is 0 Å². The molecule has 0 bridgehead atoms. The quantitative estimate of drug-likeness (QED) is 0.789. The number of aromatic nitrogens is 3. The standard InChI is InChI=1S/C14H12BrN3O/c1-9(19)11-7-6-10(8-12(11)15)18-14-5-3-2-4-13(14)16-17-18/h2-9,19H,1H3/t9-/m1/s1. The van der Waals surface area contributed by atoms with Gasteiger partial charge in [-0.25, -0.2) is 4.68 Å². The Morgan fingerprint density at radius 1 is 1.21 bits per heavy atom. The van der Waals surface area contributed by atoms with Gasteiger partial charge in [0, 0.05) is 4.47 Å². The van der Waals surface area contributed by atoms with Crippen molar-refractivity contribution in [1.29, 1.82) is 0 Å². The van der Waals surface area contributed by atoms with Crippen molar-refractivity contribution in [3.05, 3.63) is 52.5 Å². The summed E-state index contributed by atoms with van der Waals surface area (Å²) in [5.41, 5.74) is 3.58. The van der Waals surface area contributed by atoms with Gasteiger partial charge >= 0.3 is 0 Å². The summed E-state index contributed by atoms with van der Waals surface area (Å²) in [6.07, 6.45) is -0.504. The molecule has 0 radical (unpaired) electrons. The van der Waals surface area contributed by atoms with Gasteiger partial charge in [-0.15, -0.1) is 5.10 Å². The van der Waals surface area contributed by atoms with Crippen molar-refractivity contribution >= 4 is 27.0 Å². The number of para-hydroxylation sites is 1. The average Bonchev–Trinajstić information content (AvgIpc) is 2.82. The van der Waals surface area contributed by atoms with Gasteiger partial charge in [0.05, 0.1) is 17.3 Å². The molecule has 1 atom stereocenters. The Morgan fingerprint density at radius 3 is 2.74 bits per heavy atom. The Kier molecular flexibility index (Phi) is 3.08. The number of aliphatic hydroxyl groups is 1. The smallest absolute Gasteiger partial charge is 0.113 e. The highest BCUT2D eigenvalue weighted by Crippen LogP contribution is 2.26. The molecule has 2 aromatic carbocycles. The van der Waals surface area contributed by atoms with Crippen LogP contribution in [0.1, 0.15) is 18.6 Å². The van der Waals surface area contributed by atoms with Crippen molar-refractivity contribution in [3.63, 3.8) is 0 Å². The summed E-state index contributed by atoms with van der Waals surface area (Å²) in [5.74, 6) is 0. The third-order valence-corrected chi connectivity index (χ3v) is 3.72. The van der Waals surface area contributed by atoms with E-state index < -0.39 is 6.10 Å². The number of aliphatic hydroxyl groups excluding tert-OH is 1. The van der Waals surface area contributed by atoms with Crippen LogP contribution in [-0.4, -0.2) is 20.1 Å². The molecule has 96 valence electrons. The van der Waals surface area contributed by atoms with E-state index in [1.807, 2.05) is 42.5 Å². The van der Waals surface area contributed by atoms with E-state index in [0.717, 1.165) is 26.8 Å². The molecule has 0 saturated carbocycles. The molecule has 1 heterocycles. The van der Waals surface area contributed by atoms with Crippen LogP contribution in [0.3, 0.4) is 0 Å². The van der Waals surface area contributed by atoms with Crippen molar-refractivity contribution in [2.75, 3.05) is 0 Å². The molecule has 5 heteroatoms. The van der Waals surface area contributed by atoms with Gasteiger partial charge in [0.1, 0.15) is 5.52 Å². The molecule has 0 amide bonds. The molecule has 0 spiro atoms. The Bertz CT molecular complexity index is 736. The van der Waals surface area contributed by atoms with Crippen LogP contribution in [0.25, 0.3) is 16.7 Å². The van der Waals surface area contributed by atoms with Crippen LogP contribution < -0.4 is 0 Å². The van der Waals surface area contributed by atoms with Crippen molar-refractivity contribution in [3.8, 4) is 5.69 Å². The maximum atomic E-state index is 9.63. The summed E-state index contributed by atoms with van der Waals surface area (Å²) in [4.78, 5) is 0. The van der Waals surface area contributed by atoms with E-state index >= 15 is 0 Å². The molecule has 0 aliphatic rings. The van der Waals surface area contributed by atoms with Crippen LogP contribution >= 0.6 is 15.9 Å². The largest absolute Gasteiger partial charge is 0.389 e. The first-order chi connectivity index (χ1) is 9.16. The SMILES string of the molecule is C[C@@H](O)c1ccc(-n2nnc3ccccc32)cc1Br. The molecule has 0 unspecified atom stereocenters. The number of halogens is 1. The van der Waals surface area contributed by atoms with E-state index in [9.17, 15) is 5.11 Å². The number of fused-ring (bicyclic) bond motifs is 1. The van der Waals surface area contributed by atoms with Gasteiger partial charge in [0.25, 0.3) is 0 Å². The number of benzene rings is 2. The second-order valence-electron chi connectivity index (χ2n) is 4.37. The molecule has 0 aliphatic heterocycles. The molecule has 4 nitrogen and oxygen atoms in total. The number of hydrogen-bond acceptors (Lipinski definition) is 3. The van der Waals surface area contributed by atoms with E-state index in [0.29, 0.717) is 0 Å². The van der Waals surface area contributed by atoms with E-state index in [1.54, 1.807) is 11.6 Å². The van der Waals surface area contributed by atoms with Gasteiger partial charge in [-0.1, -0.05) is 39.3 Å². The second-order valence-corrected chi connectivity index (χ2v) is 5.23. The molecule has 0 fully saturated rings. The van der Waals surface area contributed by atoms with Crippen LogP contribution in [0, 0.1) is 0 Å². The van der Waals surface area contributed by atoms with Gasteiger partial charge in [0.2, 0.25) is 0 Å². The lowest BCUT2D eigenvalue weighted by Gasteiger charge is -2.09. The van der Waals surface area contributed by atoms with Crippen molar-refractivity contribution in [2.45, 2.75) is 13.0 Å². The van der Waals surface area contributed by atoms with Crippen LogP contribution in [0.4, 0.5) is 0 Å². The Labute approximate surface area is 118 Å². The van der Waals surface area contributed by atoms with Crippen molar-refractivity contribution < 1.29 is 5.11 Å². The second kappa shape index (κ2) is 4.75. The Morgan fingerprint density at radius 2 is 2.00 bits per heavy atom. The Hall–Kier alpha value is -1.72. The molecule has 3 aromatic rings. The molecule has 0 saturated heterocycles. The van der Waals surface area contributed by atoms with Gasteiger partial charge in [-0.05, 0) is 36.8 Å². The summed E-state index contributed by atoms with van der Waals surface area (Å²) in [7, 11) is 0. The minimum atomic E-state index is -0.504. The molecule has 19 heavy (non-hydrogen) atoms. The molecule has 3 rings (SSSR count). The lowest BCUT2D eigenvalue weighted by atomic mass is 10.1. The molecular formula is C14H12BrN3O. The first kappa shape index (κ1) is 12.3. The fraction of sp³-hybridized carbons (Fsp3) is 0.143. The first-order valence-electron chi connectivity index (χ1n) is 5.95. The summed E-state index contributed by atoms with van der Waals surface area (Å²) in [6, 6.07) is 13.6. The number of rotatable bonds is 2. The van der Waals surface area contributed by atoms with E-state index in [2.05, 4.69) is 26.2 Å². The minimum Gasteiger partial charge on any atom is -0.389 e. The highest BCUT2D eigenvalue weighted by Gasteiger charge is 2.10. The van der Waals surface area contributed by atoms with Gasteiger partial charge in [-0.3, -0.25) is 0 Å². The summed E-state index contributed by atoms with van der Waals surface area (Å²) >= 11 is 3.48. The van der Waals surface area contributed by atoms with E-state index in [-0.39, 0.29) is 0 Å². The molecule has 1 N–H and O–H groups in total. The van der Waals surface area contributed by atoms with Crippen LogP contribution in [0.5, 0.6) is 0 Å². The monoisotopic (exact) mass is 317 g/mol. The number of nitrogens with zero attached hydrogens (tertiary/aromatic N) is 3. The predicted octanol–water partition coefficient (Wildman–Crippen LogP) is 3.24. The fourth-order valence-electron chi connectivity index (χ4n) is 2.05. The summed E-state index contributed by atoms with van der Waals surface area (Å²) in [6.45, 7) is 1.74. The van der Waals surface area contributed by atoms with Crippen LogP contribution in [0.2, 0.25) is 0 Å². The zero-order chi connectivity index (χ0) is 13.4. The highest BCUT2D eigenvalue weighted by molar-refractivity contribution is 9.10. The van der Waals surface area contributed by atoms with Crippen molar-refractivity contribution in [1.82, 2.24) is 15.0 Å². The van der Waals surface area contributed by atoms with E-state index in [4.69, 9.17) is 0 Å². The molecule has 1 aromatic heterocycles. The zero-order valence-corrected chi connectivity index (χ0v) is 11.9. The average molecular weight is 318 g/mol. The van der Waals surface area contributed by atoms with E-state index in [1.165, 1.54) is 0 Å². The van der Waals surface area contributed by atoms with Crippen molar-refractivity contribution in [2.24, 2.45) is 0 Å². The van der Waals surface area contributed by atoms with Gasteiger partial charge < -0.3 is 5.11 Å². The normalized spacial score (nSPS) is 12.8. The topological polar surface area (TPSA) is 50.9 Å².